The summed E-state index contributed by atoms with van der Waals surface area (Å²) in [5.74, 6) is 0.646. The van der Waals surface area contributed by atoms with Crippen LogP contribution in [0.25, 0.3) is 0 Å². The highest BCUT2D eigenvalue weighted by Gasteiger charge is 2.39. The molecule has 0 radical (unpaired) electrons. The molecule has 130 valence electrons. The van der Waals surface area contributed by atoms with Crippen LogP contribution in [0.2, 0.25) is 0 Å². The van der Waals surface area contributed by atoms with Gasteiger partial charge in [0.1, 0.15) is 5.01 Å². The van der Waals surface area contributed by atoms with Gasteiger partial charge >= 0.3 is 6.03 Å². The zero-order valence-corrected chi connectivity index (χ0v) is 14.5. The van der Waals surface area contributed by atoms with Crippen molar-refractivity contribution in [3.8, 4) is 0 Å². The first kappa shape index (κ1) is 15.8. The van der Waals surface area contributed by atoms with Gasteiger partial charge in [-0.3, -0.25) is 10.1 Å². The number of hydrogen-bond acceptors (Lipinski definition) is 5. The van der Waals surface area contributed by atoms with Crippen molar-refractivity contribution in [2.24, 2.45) is 0 Å². The first-order chi connectivity index (χ1) is 11.7. The van der Waals surface area contributed by atoms with Gasteiger partial charge < -0.3 is 10.2 Å². The maximum Gasteiger partial charge on any atom is 0.321 e. The minimum atomic E-state index is -0.295. The van der Waals surface area contributed by atoms with Crippen molar-refractivity contribution in [2.75, 3.05) is 11.9 Å². The summed E-state index contributed by atoms with van der Waals surface area (Å²) in [7, 11) is 0. The van der Waals surface area contributed by atoms with Crippen LogP contribution >= 0.6 is 11.3 Å². The van der Waals surface area contributed by atoms with Crippen LogP contribution in [-0.2, 0) is 4.79 Å². The Morgan fingerprint density at radius 2 is 1.92 bits per heavy atom. The Labute approximate surface area is 145 Å². The predicted octanol–water partition coefficient (Wildman–Crippen LogP) is 2.47. The van der Waals surface area contributed by atoms with E-state index in [0.29, 0.717) is 30.1 Å². The van der Waals surface area contributed by atoms with Gasteiger partial charge in [-0.2, -0.15) is 0 Å². The number of urea groups is 1. The average Bonchev–Trinajstić information content (AvgIpc) is 3.21. The molecule has 0 aromatic carbocycles. The molecule has 0 spiro atoms. The molecular weight excluding hydrogens is 326 g/mol. The number of likely N-dealkylation sites (tertiary alicyclic amines) is 1. The molecule has 2 N–H and O–H groups in total. The average molecular weight is 349 g/mol. The van der Waals surface area contributed by atoms with E-state index in [0.717, 1.165) is 17.8 Å². The van der Waals surface area contributed by atoms with Crippen LogP contribution in [0.5, 0.6) is 0 Å². The van der Waals surface area contributed by atoms with E-state index in [4.69, 9.17) is 0 Å². The number of nitrogens with zero attached hydrogens (tertiary/aromatic N) is 3. The third-order valence-electron chi connectivity index (χ3n) is 5.10. The number of hydrogen-bond donors (Lipinski definition) is 2. The summed E-state index contributed by atoms with van der Waals surface area (Å²) in [5.41, 5.74) is 0. The Kier molecular flexibility index (Phi) is 4.39. The molecule has 0 unspecified atom stereocenters. The Morgan fingerprint density at radius 1 is 1.12 bits per heavy atom. The lowest BCUT2D eigenvalue weighted by Gasteiger charge is -2.18. The van der Waals surface area contributed by atoms with Crippen LogP contribution < -0.4 is 10.6 Å². The van der Waals surface area contributed by atoms with Crippen molar-refractivity contribution in [3.63, 3.8) is 0 Å². The lowest BCUT2D eigenvalue weighted by Crippen LogP contribution is -2.40. The molecule has 2 heterocycles. The third-order valence-corrected chi connectivity index (χ3v) is 6.10. The van der Waals surface area contributed by atoms with E-state index in [2.05, 4.69) is 20.8 Å². The van der Waals surface area contributed by atoms with E-state index in [1.807, 2.05) is 4.90 Å². The van der Waals surface area contributed by atoms with Crippen LogP contribution in [0.15, 0.2) is 0 Å². The summed E-state index contributed by atoms with van der Waals surface area (Å²) >= 11 is 1.47. The van der Waals surface area contributed by atoms with Crippen molar-refractivity contribution in [1.29, 1.82) is 0 Å². The fourth-order valence-electron chi connectivity index (χ4n) is 3.69. The number of rotatable bonds is 4. The van der Waals surface area contributed by atoms with Crippen molar-refractivity contribution in [3.05, 3.63) is 5.01 Å². The molecule has 3 aliphatic rings. The first-order valence-corrected chi connectivity index (χ1v) is 9.71. The first-order valence-electron chi connectivity index (χ1n) is 8.89. The minimum absolute atomic E-state index is 0.108. The SMILES string of the molecule is O=C(Nc1nnc(C2CCCCC2)s1)N[C@H]1CC(=O)N(C2CC2)C1. The summed E-state index contributed by atoms with van der Waals surface area (Å²) in [6.07, 6.45) is 8.73. The fraction of sp³-hybridized carbons (Fsp3) is 0.750. The maximum atomic E-state index is 12.1. The molecule has 4 rings (SSSR count). The molecule has 3 amide bonds. The van der Waals surface area contributed by atoms with E-state index in [9.17, 15) is 9.59 Å². The lowest BCUT2D eigenvalue weighted by molar-refractivity contribution is -0.128. The molecule has 24 heavy (non-hydrogen) atoms. The zero-order chi connectivity index (χ0) is 16.5. The summed E-state index contributed by atoms with van der Waals surface area (Å²) in [6.45, 7) is 0.625. The fourth-order valence-corrected chi connectivity index (χ4v) is 4.59. The van der Waals surface area contributed by atoms with Crippen molar-refractivity contribution >= 4 is 28.4 Å². The van der Waals surface area contributed by atoms with E-state index in [-0.39, 0.29) is 18.0 Å². The molecule has 3 fully saturated rings. The molecule has 1 aromatic rings. The van der Waals surface area contributed by atoms with E-state index >= 15 is 0 Å². The van der Waals surface area contributed by atoms with Gasteiger partial charge in [-0.15, -0.1) is 10.2 Å². The number of carbonyl (C=O) groups is 2. The molecule has 1 saturated heterocycles. The minimum Gasteiger partial charge on any atom is -0.338 e. The Hall–Kier alpha value is -1.70. The predicted molar refractivity (Wildman–Crippen MR) is 91.0 cm³/mol. The highest BCUT2D eigenvalue weighted by Crippen LogP contribution is 2.35. The van der Waals surface area contributed by atoms with Crippen LogP contribution in [0.1, 0.15) is 62.3 Å². The van der Waals surface area contributed by atoms with Gasteiger partial charge in [-0.05, 0) is 25.7 Å². The van der Waals surface area contributed by atoms with Crippen LogP contribution in [-0.4, -0.2) is 45.7 Å². The second kappa shape index (κ2) is 6.66. The number of amides is 3. The van der Waals surface area contributed by atoms with Crippen LogP contribution in [0, 0.1) is 0 Å². The molecule has 0 bridgehead atoms. The lowest BCUT2D eigenvalue weighted by atomic mass is 9.90. The smallest absolute Gasteiger partial charge is 0.321 e. The molecule has 7 nitrogen and oxygen atoms in total. The van der Waals surface area contributed by atoms with Crippen LogP contribution in [0.4, 0.5) is 9.93 Å². The van der Waals surface area contributed by atoms with E-state index < -0.39 is 0 Å². The molecule has 1 aromatic heterocycles. The largest absolute Gasteiger partial charge is 0.338 e. The highest BCUT2D eigenvalue weighted by atomic mass is 32.1. The van der Waals surface area contributed by atoms with E-state index in [1.54, 1.807) is 0 Å². The molecule has 2 aliphatic carbocycles. The number of carbonyl (C=O) groups excluding carboxylic acids is 2. The normalized spacial score (nSPS) is 25.1. The highest BCUT2D eigenvalue weighted by molar-refractivity contribution is 7.15. The zero-order valence-electron chi connectivity index (χ0n) is 13.7. The third kappa shape index (κ3) is 3.53. The molecule has 1 atom stereocenters. The van der Waals surface area contributed by atoms with Gasteiger partial charge in [0.05, 0.1) is 6.04 Å². The van der Waals surface area contributed by atoms with Crippen molar-refractivity contribution < 1.29 is 9.59 Å². The summed E-state index contributed by atoms with van der Waals surface area (Å²) in [4.78, 5) is 26.0. The van der Waals surface area contributed by atoms with Gasteiger partial charge in [-0.1, -0.05) is 30.6 Å². The van der Waals surface area contributed by atoms with Gasteiger partial charge in [0.15, 0.2) is 0 Å². The molecule has 1 aliphatic heterocycles. The van der Waals surface area contributed by atoms with Gasteiger partial charge in [0.25, 0.3) is 0 Å². The summed E-state index contributed by atoms with van der Waals surface area (Å²) in [6, 6.07) is 0.00852. The topological polar surface area (TPSA) is 87.2 Å². The number of nitrogens with one attached hydrogen (secondary N) is 2. The summed E-state index contributed by atoms with van der Waals surface area (Å²) in [5, 5.41) is 15.6. The van der Waals surface area contributed by atoms with Crippen LogP contribution in [0.3, 0.4) is 0 Å². The molecule has 2 saturated carbocycles. The Bertz CT molecular complexity index is 624. The Balaban J connectivity index is 1.28. The van der Waals surface area contributed by atoms with Gasteiger partial charge in [0, 0.05) is 24.9 Å². The van der Waals surface area contributed by atoms with Crippen molar-refractivity contribution in [2.45, 2.75) is 69.4 Å². The van der Waals surface area contributed by atoms with E-state index in [1.165, 1.54) is 43.4 Å². The second-order valence-electron chi connectivity index (χ2n) is 7.06. The van der Waals surface area contributed by atoms with Gasteiger partial charge in [0.2, 0.25) is 11.0 Å². The summed E-state index contributed by atoms with van der Waals surface area (Å²) < 4.78 is 0. The Morgan fingerprint density at radius 3 is 2.67 bits per heavy atom. The quantitative estimate of drug-likeness (QED) is 0.874. The number of anilines is 1. The van der Waals surface area contributed by atoms with Crippen molar-refractivity contribution in [1.82, 2.24) is 20.4 Å². The monoisotopic (exact) mass is 349 g/mol. The molecule has 8 heteroatoms. The number of aromatic nitrogens is 2. The standard InChI is InChI=1S/C16H23N5O2S/c22-13-8-11(9-21(13)12-6-7-12)17-15(23)18-16-20-19-14(24-16)10-4-2-1-3-5-10/h10-12H,1-9H2,(H2,17,18,20,23)/t11-/m0/s1. The van der Waals surface area contributed by atoms with Gasteiger partial charge in [-0.25, -0.2) is 4.79 Å². The molecular formula is C16H23N5O2S. The maximum absolute atomic E-state index is 12.1. The second-order valence-corrected chi connectivity index (χ2v) is 8.07.